The number of carbonyl (C=O) groups is 1. The van der Waals surface area contributed by atoms with Crippen molar-refractivity contribution in [2.45, 2.75) is 6.54 Å². The van der Waals surface area contributed by atoms with E-state index in [2.05, 4.69) is 10.3 Å². The van der Waals surface area contributed by atoms with E-state index in [0.29, 0.717) is 33.8 Å². The number of aldehydes is 1. The Kier molecular flexibility index (Phi) is 5.53. The van der Waals surface area contributed by atoms with Gasteiger partial charge in [-0.25, -0.2) is 4.98 Å². The molecule has 1 aromatic heterocycles. The van der Waals surface area contributed by atoms with Crippen LogP contribution in [-0.2, 0) is 6.54 Å². The van der Waals surface area contributed by atoms with Gasteiger partial charge < -0.3 is 10.1 Å². The summed E-state index contributed by atoms with van der Waals surface area (Å²) >= 11 is 11.9. The number of rotatable bonds is 6. The molecule has 0 radical (unpaired) electrons. The third-order valence-corrected chi connectivity index (χ3v) is 4.19. The summed E-state index contributed by atoms with van der Waals surface area (Å²) < 4.78 is 5.64. The maximum Gasteiger partial charge on any atom is 0.219 e. The summed E-state index contributed by atoms with van der Waals surface area (Å²) in [6.07, 6.45) is 2.48. The molecule has 0 unspecified atom stereocenters. The van der Waals surface area contributed by atoms with Crippen LogP contribution in [0.5, 0.6) is 11.6 Å². The summed E-state index contributed by atoms with van der Waals surface area (Å²) in [5.41, 5.74) is 2.47. The largest absolute Gasteiger partial charge is 0.439 e. The van der Waals surface area contributed by atoms with Crippen LogP contribution in [0.4, 0.5) is 5.69 Å². The van der Waals surface area contributed by atoms with Crippen molar-refractivity contribution in [3.63, 3.8) is 0 Å². The first-order valence-electron chi connectivity index (χ1n) is 7.51. The average Bonchev–Trinajstić information content (AvgIpc) is 2.64. The lowest BCUT2D eigenvalue weighted by Gasteiger charge is -2.09. The summed E-state index contributed by atoms with van der Waals surface area (Å²) in [6.45, 7) is 0.603. The number of aromatic nitrogens is 1. The standard InChI is InChI=1S/C19H14Cl2N2O2/c20-17-7-3-14(9-18(17)21)10-22-15-4-8-19(23-11-15)25-16-5-1-13(12-24)2-6-16/h1-9,11-12,22H,10H2. The van der Waals surface area contributed by atoms with Gasteiger partial charge >= 0.3 is 0 Å². The molecule has 0 saturated carbocycles. The second-order valence-electron chi connectivity index (χ2n) is 5.28. The molecule has 0 atom stereocenters. The van der Waals surface area contributed by atoms with Gasteiger partial charge in [0.1, 0.15) is 12.0 Å². The second-order valence-corrected chi connectivity index (χ2v) is 6.09. The monoisotopic (exact) mass is 372 g/mol. The van der Waals surface area contributed by atoms with Crippen LogP contribution in [0.3, 0.4) is 0 Å². The van der Waals surface area contributed by atoms with Gasteiger partial charge in [0, 0.05) is 18.2 Å². The number of benzene rings is 2. The van der Waals surface area contributed by atoms with E-state index in [1.54, 1.807) is 42.6 Å². The maximum atomic E-state index is 10.6. The van der Waals surface area contributed by atoms with Crippen LogP contribution in [-0.4, -0.2) is 11.3 Å². The number of hydrogen-bond donors (Lipinski definition) is 1. The van der Waals surface area contributed by atoms with E-state index < -0.39 is 0 Å². The summed E-state index contributed by atoms with van der Waals surface area (Å²) in [7, 11) is 0. The molecule has 4 nitrogen and oxygen atoms in total. The molecule has 0 aliphatic carbocycles. The van der Waals surface area contributed by atoms with Crippen molar-refractivity contribution in [3.8, 4) is 11.6 Å². The fraction of sp³-hybridized carbons (Fsp3) is 0.0526. The molecule has 0 spiro atoms. The van der Waals surface area contributed by atoms with Gasteiger partial charge in [-0.2, -0.15) is 0 Å². The Morgan fingerprint density at radius 3 is 2.44 bits per heavy atom. The Morgan fingerprint density at radius 1 is 1.00 bits per heavy atom. The highest BCUT2D eigenvalue weighted by atomic mass is 35.5. The molecule has 25 heavy (non-hydrogen) atoms. The van der Waals surface area contributed by atoms with Gasteiger partial charge in [-0.1, -0.05) is 29.3 Å². The molecular weight excluding hydrogens is 359 g/mol. The highest BCUT2D eigenvalue weighted by Gasteiger charge is 2.02. The number of anilines is 1. The predicted molar refractivity (Wildman–Crippen MR) is 99.9 cm³/mol. The van der Waals surface area contributed by atoms with E-state index in [-0.39, 0.29) is 0 Å². The Balaban J connectivity index is 1.59. The van der Waals surface area contributed by atoms with Gasteiger partial charge in [0.05, 0.1) is 21.9 Å². The molecule has 126 valence electrons. The van der Waals surface area contributed by atoms with E-state index in [1.807, 2.05) is 18.2 Å². The summed E-state index contributed by atoms with van der Waals surface area (Å²) in [5, 5.41) is 4.32. The third kappa shape index (κ3) is 4.72. The van der Waals surface area contributed by atoms with Crippen LogP contribution in [0.2, 0.25) is 10.0 Å². The zero-order valence-corrected chi connectivity index (χ0v) is 14.6. The first kappa shape index (κ1) is 17.3. The van der Waals surface area contributed by atoms with Crippen LogP contribution in [0, 0.1) is 0 Å². The predicted octanol–water partition coefficient (Wildman–Crippen LogP) is 5.61. The zero-order chi connectivity index (χ0) is 17.6. The Hall–Kier alpha value is -2.56. The van der Waals surface area contributed by atoms with Crippen LogP contribution in [0.1, 0.15) is 15.9 Å². The number of nitrogens with one attached hydrogen (secondary N) is 1. The molecular formula is C19H14Cl2N2O2. The van der Waals surface area contributed by atoms with Crippen molar-refractivity contribution in [2.24, 2.45) is 0 Å². The van der Waals surface area contributed by atoms with Gasteiger partial charge in [0.15, 0.2) is 0 Å². The van der Waals surface area contributed by atoms with E-state index in [1.165, 1.54) is 0 Å². The molecule has 0 bridgehead atoms. The van der Waals surface area contributed by atoms with Gasteiger partial charge in [0.25, 0.3) is 0 Å². The summed E-state index contributed by atoms with van der Waals surface area (Å²) in [5.74, 6) is 1.09. The highest BCUT2D eigenvalue weighted by Crippen LogP contribution is 2.24. The normalized spacial score (nSPS) is 10.3. The minimum Gasteiger partial charge on any atom is -0.439 e. The molecule has 6 heteroatoms. The number of hydrogen-bond acceptors (Lipinski definition) is 4. The summed E-state index contributed by atoms with van der Waals surface area (Å²) in [4.78, 5) is 14.9. The van der Waals surface area contributed by atoms with Gasteiger partial charge in [-0.3, -0.25) is 4.79 Å². The fourth-order valence-electron chi connectivity index (χ4n) is 2.13. The molecule has 3 rings (SSSR count). The molecule has 0 amide bonds. The molecule has 1 N–H and O–H groups in total. The average molecular weight is 373 g/mol. The van der Waals surface area contributed by atoms with Gasteiger partial charge in [-0.15, -0.1) is 0 Å². The number of halogens is 2. The molecule has 0 saturated heterocycles. The first-order chi connectivity index (χ1) is 12.1. The highest BCUT2D eigenvalue weighted by molar-refractivity contribution is 6.42. The quantitative estimate of drug-likeness (QED) is 0.571. The molecule has 0 fully saturated rings. The minimum absolute atomic E-state index is 0.471. The van der Waals surface area contributed by atoms with E-state index in [0.717, 1.165) is 17.5 Å². The molecule has 0 aliphatic rings. The van der Waals surface area contributed by atoms with Crippen molar-refractivity contribution in [1.82, 2.24) is 4.98 Å². The van der Waals surface area contributed by atoms with E-state index in [9.17, 15) is 4.79 Å². The topological polar surface area (TPSA) is 51.2 Å². The number of pyridine rings is 1. The second kappa shape index (κ2) is 8.01. The fourth-order valence-corrected chi connectivity index (χ4v) is 2.45. The number of ether oxygens (including phenoxy) is 1. The van der Waals surface area contributed by atoms with Crippen molar-refractivity contribution >= 4 is 35.2 Å². The smallest absolute Gasteiger partial charge is 0.219 e. The van der Waals surface area contributed by atoms with Crippen LogP contribution < -0.4 is 10.1 Å². The van der Waals surface area contributed by atoms with Crippen molar-refractivity contribution in [2.75, 3.05) is 5.32 Å². The molecule has 0 aliphatic heterocycles. The number of carbonyl (C=O) groups excluding carboxylic acids is 1. The number of nitrogens with zero attached hydrogens (tertiary/aromatic N) is 1. The first-order valence-corrected chi connectivity index (χ1v) is 8.26. The van der Waals surface area contributed by atoms with Gasteiger partial charge in [-0.05, 0) is 48.0 Å². The van der Waals surface area contributed by atoms with E-state index in [4.69, 9.17) is 27.9 Å². The molecule has 2 aromatic carbocycles. The zero-order valence-electron chi connectivity index (χ0n) is 13.1. The SMILES string of the molecule is O=Cc1ccc(Oc2ccc(NCc3ccc(Cl)c(Cl)c3)cn2)cc1. The minimum atomic E-state index is 0.471. The third-order valence-electron chi connectivity index (χ3n) is 3.46. The Labute approximate surface area is 155 Å². The lowest BCUT2D eigenvalue weighted by Crippen LogP contribution is -2.00. The van der Waals surface area contributed by atoms with Crippen LogP contribution in [0.15, 0.2) is 60.8 Å². The van der Waals surface area contributed by atoms with Gasteiger partial charge in [0.2, 0.25) is 5.88 Å². The maximum absolute atomic E-state index is 10.6. The van der Waals surface area contributed by atoms with E-state index >= 15 is 0 Å². The summed E-state index contributed by atoms with van der Waals surface area (Å²) in [6, 6.07) is 16.0. The lowest BCUT2D eigenvalue weighted by molar-refractivity contribution is 0.112. The molecule has 1 heterocycles. The van der Waals surface area contributed by atoms with Crippen molar-refractivity contribution < 1.29 is 9.53 Å². The van der Waals surface area contributed by atoms with Crippen molar-refractivity contribution in [3.05, 3.63) is 82.0 Å². The Morgan fingerprint density at radius 2 is 1.80 bits per heavy atom. The lowest BCUT2D eigenvalue weighted by atomic mass is 10.2. The van der Waals surface area contributed by atoms with Crippen LogP contribution in [0.25, 0.3) is 0 Å². The van der Waals surface area contributed by atoms with Crippen molar-refractivity contribution in [1.29, 1.82) is 0 Å². The Bertz CT molecular complexity index is 866. The van der Waals surface area contributed by atoms with Crippen LogP contribution >= 0.6 is 23.2 Å². The molecule has 3 aromatic rings.